The minimum absolute atomic E-state index is 0. The first-order valence-electron chi connectivity index (χ1n) is 14.9. The van der Waals surface area contributed by atoms with E-state index in [0.717, 1.165) is 0 Å². The topological polar surface area (TPSA) is 97.5 Å². The average molecular weight is 636 g/mol. The van der Waals surface area contributed by atoms with Gasteiger partial charge >= 0.3 is 51.4 Å². The Morgan fingerprint density at radius 1 is 1.07 bits per heavy atom. The molecule has 10 heteroatoms. The molecule has 2 amide bonds. The van der Waals surface area contributed by atoms with Gasteiger partial charge in [-0.2, -0.15) is 5.12 Å². The zero-order chi connectivity index (χ0) is 33.4. The van der Waals surface area contributed by atoms with Crippen LogP contribution in [0.15, 0.2) is 82.5 Å². The fourth-order valence-electron chi connectivity index (χ4n) is 3.37. The van der Waals surface area contributed by atoms with Gasteiger partial charge in [0.15, 0.2) is 0 Å². The standard InChI is InChI=1S/C28H34FN5O3.3C2H6.K/c1-7-22(16-19(3)37-8-2)27(35)33-24-13-11-12-23(17-24)20(4)34(29)21(5)31-18-32-26-15-10-9-14-25(26)28(36)30-6;3*1-2;/h9-18,20H,3,7-8H2,1-2,4-6H3,(H2,30,33,35,36);3*1-2H3;/q;;;;+1/p-1/b22-16+,31-21?,32-18?;;;;. The zero-order valence-electron chi connectivity index (χ0n) is 28.9. The van der Waals surface area contributed by atoms with Crippen LogP contribution in [0.3, 0.4) is 0 Å². The number of halogens is 1. The third kappa shape index (κ3) is 16.4. The number of hydrogen-bond acceptors (Lipinski definition) is 4. The molecule has 0 bridgehead atoms. The molecule has 0 heterocycles. The molecule has 1 N–H and O–H groups in total. The van der Waals surface area contributed by atoms with Gasteiger partial charge in [0, 0.05) is 16.8 Å². The first-order chi connectivity index (χ1) is 20.7. The Morgan fingerprint density at radius 2 is 1.68 bits per heavy atom. The maximum Gasteiger partial charge on any atom is 1.00 e. The van der Waals surface area contributed by atoms with Crippen LogP contribution in [0.1, 0.15) is 97.6 Å². The van der Waals surface area contributed by atoms with E-state index in [2.05, 4.69) is 27.2 Å². The minimum atomic E-state index is -0.694. The van der Waals surface area contributed by atoms with E-state index < -0.39 is 11.9 Å². The molecule has 8 nitrogen and oxygen atoms in total. The monoisotopic (exact) mass is 635 g/mol. The van der Waals surface area contributed by atoms with Crippen molar-refractivity contribution in [3.05, 3.63) is 89.0 Å². The largest absolute Gasteiger partial charge is 1.00 e. The first kappa shape index (κ1) is 45.8. The van der Waals surface area contributed by atoms with Crippen molar-refractivity contribution in [2.75, 3.05) is 19.0 Å². The Labute approximate surface area is 307 Å². The van der Waals surface area contributed by atoms with Crippen LogP contribution in [-0.2, 0) is 9.53 Å². The average Bonchev–Trinajstić information content (AvgIpc) is 3.05. The quantitative estimate of drug-likeness (QED) is 0.0561. The summed E-state index contributed by atoms with van der Waals surface area (Å²) in [4.78, 5) is 32.9. The SMILES string of the molecule is C=C(/C=C(\CC)C(=O)Nc1cccc(C(C)N(F)C(C)=NC=Nc2ccccc2C(=O)[N-]C)c1)OCC.CC.CC.CC.[K+]. The van der Waals surface area contributed by atoms with Crippen LogP contribution >= 0.6 is 0 Å². The molecule has 0 spiro atoms. The van der Waals surface area contributed by atoms with E-state index in [-0.39, 0.29) is 63.1 Å². The number of amidine groups is 1. The summed E-state index contributed by atoms with van der Waals surface area (Å²) in [5, 5.41) is 7.00. The van der Waals surface area contributed by atoms with Crippen LogP contribution in [0.2, 0.25) is 0 Å². The molecule has 2 aromatic carbocycles. The van der Waals surface area contributed by atoms with Gasteiger partial charge in [0.1, 0.15) is 17.9 Å². The van der Waals surface area contributed by atoms with E-state index in [4.69, 9.17) is 4.74 Å². The molecule has 2 aromatic rings. The van der Waals surface area contributed by atoms with E-state index in [1.54, 1.807) is 61.5 Å². The molecule has 0 aromatic heterocycles. The molecule has 0 fully saturated rings. The van der Waals surface area contributed by atoms with Crippen LogP contribution in [0.4, 0.5) is 15.9 Å². The number of nitrogens with one attached hydrogen (secondary N) is 1. The maximum atomic E-state index is 15.1. The summed E-state index contributed by atoms with van der Waals surface area (Å²) in [5.74, 6) is -0.199. The molecule has 0 saturated carbocycles. The smallest absolute Gasteiger partial charge is 0.652 e. The number of rotatable bonds is 11. The van der Waals surface area contributed by atoms with Gasteiger partial charge < -0.3 is 20.2 Å². The summed E-state index contributed by atoms with van der Waals surface area (Å²) in [6.45, 7) is 23.1. The van der Waals surface area contributed by atoms with E-state index >= 15 is 4.48 Å². The second kappa shape index (κ2) is 27.9. The van der Waals surface area contributed by atoms with Crippen molar-refractivity contribution in [2.24, 2.45) is 9.98 Å². The Balaban J connectivity index is -0.00000225. The Morgan fingerprint density at radius 3 is 2.25 bits per heavy atom. The molecule has 44 heavy (non-hydrogen) atoms. The van der Waals surface area contributed by atoms with E-state index in [0.29, 0.717) is 52.0 Å². The summed E-state index contributed by atoms with van der Waals surface area (Å²) in [7, 11) is 1.41. The molecular weight excluding hydrogens is 585 g/mol. The number of carbonyl (C=O) groups is 2. The van der Waals surface area contributed by atoms with Crippen LogP contribution in [-0.4, -0.2) is 42.8 Å². The van der Waals surface area contributed by atoms with Crippen molar-refractivity contribution in [2.45, 2.75) is 81.7 Å². The molecular formula is C34H51FKN5O3. The van der Waals surface area contributed by atoms with Gasteiger partial charge in [-0.1, -0.05) is 89.9 Å². The maximum absolute atomic E-state index is 15.1. The molecule has 0 radical (unpaired) electrons. The predicted octanol–water partition coefficient (Wildman–Crippen LogP) is 6.76. The van der Waals surface area contributed by atoms with Crippen molar-refractivity contribution in [3.63, 3.8) is 0 Å². The summed E-state index contributed by atoms with van der Waals surface area (Å²) >= 11 is 0. The van der Waals surface area contributed by atoms with Crippen LogP contribution in [0, 0.1) is 0 Å². The summed E-state index contributed by atoms with van der Waals surface area (Å²) in [6, 6.07) is 13.0. The molecule has 1 atom stereocenters. The fraction of sp³-hybridized carbons (Fsp3) is 0.412. The number of benzene rings is 2. The van der Waals surface area contributed by atoms with E-state index in [1.807, 2.05) is 55.4 Å². The number of amides is 2. The third-order valence-electron chi connectivity index (χ3n) is 5.39. The van der Waals surface area contributed by atoms with Gasteiger partial charge in [0.05, 0.1) is 24.2 Å². The Bertz CT molecular complexity index is 1210. The Hall–Kier alpha value is -2.63. The van der Waals surface area contributed by atoms with Crippen LogP contribution in [0.25, 0.3) is 5.32 Å². The molecule has 0 aliphatic rings. The van der Waals surface area contributed by atoms with Gasteiger partial charge in [-0.25, -0.2) is 9.98 Å². The molecule has 2 rings (SSSR count). The number of aliphatic imine (C=N–C) groups is 2. The number of ether oxygens (including phenoxy) is 1. The van der Waals surface area contributed by atoms with Gasteiger partial charge in [0.25, 0.3) is 5.91 Å². The van der Waals surface area contributed by atoms with Crippen molar-refractivity contribution < 1.29 is 70.2 Å². The van der Waals surface area contributed by atoms with Crippen LogP contribution < -0.4 is 56.7 Å². The fourth-order valence-corrected chi connectivity index (χ4v) is 3.37. The molecule has 238 valence electrons. The van der Waals surface area contributed by atoms with Gasteiger partial charge in [-0.05, 0) is 57.0 Å². The number of anilines is 1. The molecule has 0 aliphatic heterocycles. The minimum Gasteiger partial charge on any atom is -0.652 e. The number of carbonyl (C=O) groups excluding carboxylic acids is 2. The summed E-state index contributed by atoms with van der Waals surface area (Å²) in [6.07, 6.45) is 3.30. The van der Waals surface area contributed by atoms with Gasteiger partial charge in [-0.15, -0.1) is 7.05 Å². The van der Waals surface area contributed by atoms with E-state index in [1.165, 1.54) is 20.3 Å². The Kier molecular flexibility index (Phi) is 29.0. The van der Waals surface area contributed by atoms with Crippen molar-refractivity contribution >= 4 is 35.4 Å². The third-order valence-corrected chi connectivity index (χ3v) is 5.39. The predicted molar refractivity (Wildman–Crippen MR) is 181 cm³/mol. The molecule has 0 aliphatic carbocycles. The second-order valence-electron chi connectivity index (χ2n) is 7.96. The van der Waals surface area contributed by atoms with Gasteiger partial charge in [0.2, 0.25) is 0 Å². The number of hydrogen-bond donors (Lipinski definition) is 1. The number of para-hydroxylation sites is 1. The summed E-state index contributed by atoms with van der Waals surface area (Å²) < 4.78 is 20.4. The number of nitrogens with zero attached hydrogens (tertiary/aromatic N) is 4. The molecule has 0 saturated heterocycles. The first-order valence-corrected chi connectivity index (χ1v) is 14.9. The van der Waals surface area contributed by atoms with Gasteiger partial charge in [-0.3, -0.25) is 4.79 Å². The zero-order valence-corrected chi connectivity index (χ0v) is 32.0. The van der Waals surface area contributed by atoms with Crippen molar-refractivity contribution in [1.29, 1.82) is 0 Å². The van der Waals surface area contributed by atoms with Crippen LogP contribution in [0.5, 0.6) is 0 Å². The normalized spacial score (nSPS) is 11.1. The van der Waals surface area contributed by atoms with Crippen molar-refractivity contribution in [3.8, 4) is 0 Å². The number of allylic oxidation sites excluding steroid dienone is 1. The van der Waals surface area contributed by atoms with E-state index in [9.17, 15) is 9.59 Å². The second-order valence-corrected chi connectivity index (χ2v) is 7.96. The molecule has 1 unspecified atom stereocenters. The van der Waals surface area contributed by atoms with Crippen molar-refractivity contribution in [1.82, 2.24) is 5.12 Å². The summed E-state index contributed by atoms with van der Waals surface area (Å²) in [5.41, 5.74) is 2.40.